The van der Waals surface area contributed by atoms with Gasteiger partial charge in [-0.1, -0.05) is 42.8 Å². The van der Waals surface area contributed by atoms with Crippen molar-refractivity contribution >= 4 is 32.4 Å². The van der Waals surface area contributed by atoms with Crippen LogP contribution in [0, 0.1) is 0 Å². The van der Waals surface area contributed by atoms with E-state index in [1.807, 2.05) is 12.1 Å². The Balaban J connectivity index is 2.76. The summed E-state index contributed by atoms with van der Waals surface area (Å²) in [4.78, 5) is 0.263. The van der Waals surface area contributed by atoms with Crippen molar-refractivity contribution in [2.24, 2.45) is 0 Å². The van der Waals surface area contributed by atoms with Crippen LogP contribution < -0.4 is 4.72 Å². The van der Waals surface area contributed by atoms with Crippen LogP contribution in [-0.4, -0.2) is 15.0 Å². The second-order valence-corrected chi connectivity index (χ2v) is 5.74. The zero-order valence-corrected chi connectivity index (χ0v) is 10.8. The molecule has 5 heteroatoms. The summed E-state index contributed by atoms with van der Waals surface area (Å²) in [5, 5.41) is 1.94. The molecule has 0 bridgehead atoms. The minimum Gasteiger partial charge on any atom is -0.211 e. The Labute approximate surface area is 105 Å². The third kappa shape index (κ3) is 2.29. The van der Waals surface area contributed by atoms with Gasteiger partial charge >= 0.3 is 0 Å². The van der Waals surface area contributed by atoms with Crippen LogP contribution in [0.15, 0.2) is 41.3 Å². The fourth-order valence-electron chi connectivity index (χ4n) is 1.74. The van der Waals surface area contributed by atoms with Gasteiger partial charge in [0.2, 0.25) is 10.0 Å². The molecule has 0 aliphatic heterocycles. The highest BCUT2D eigenvalue weighted by atomic mass is 35.5. The Bertz CT molecular complexity index is 653. The van der Waals surface area contributed by atoms with Crippen LogP contribution in [0.2, 0.25) is 5.02 Å². The summed E-state index contributed by atoms with van der Waals surface area (Å²) >= 11 is 6.04. The molecule has 0 aromatic heterocycles. The maximum Gasteiger partial charge on any atom is 0.241 e. The molecule has 0 radical (unpaired) electrons. The number of sulfonamides is 1. The van der Waals surface area contributed by atoms with E-state index in [4.69, 9.17) is 11.6 Å². The lowest BCUT2D eigenvalue weighted by Gasteiger charge is -2.09. The molecular formula is C12H12ClNO2S. The standard InChI is InChI=1S/C12H12ClNO2S/c1-2-14-17(15,16)12-8-7-11(13)9-5-3-4-6-10(9)12/h3-8,14H,2H2,1H3. The van der Waals surface area contributed by atoms with Gasteiger partial charge in [0.25, 0.3) is 0 Å². The summed E-state index contributed by atoms with van der Waals surface area (Å²) in [6.45, 7) is 2.11. The molecule has 0 spiro atoms. The molecule has 2 rings (SSSR count). The quantitative estimate of drug-likeness (QED) is 0.931. The first-order valence-corrected chi connectivity index (χ1v) is 7.09. The van der Waals surface area contributed by atoms with Crippen molar-refractivity contribution in [3.8, 4) is 0 Å². The van der Waals surface area contributed by atoms with E-state index < -0.39 is 10.0 Å². The van der Waals surface area contributed by atoms with Gasteiger partial charge in [-0.2, -0.15) is 0 Å². The molecule has 0 unspecified atom stereocenters. The van der Waals surface area contributed by atoms with Gasteiger partial charge in [0.05, 0.1) is 4.90 Å². The predicted octanol–water partition coefficient (Wildman–Crippen LogP) is 2.79. The number of hydrogen-bond donors (Lipinski definition) is 1. The van der Waals surface area contributed by atoms with Crippen LogP contribution in [0.4, 0.5) is 0 Å². The Morgan fingerprint density at radius 1 is 1.12 bits per heavy atom. The van der Waals surface area contributed by atoms with Crippen LogP contribution in [0.25, 0.3) is 10.8 Å². The van der Waals surface area contributed by atoms with Crippen LogP contribution in [0.3, 0.4) is 0 Å². The van der Waals surface area contributed by atoms with Crippen molar-refractivity contribution in [1.29, 1.82) is 0 Å². The molecule has 3 nitrogen and oxygen atoms in total. The highest BCUT2D eigenvalue weighted by Crippen LogP contribution is 2.28. The van der Waals surface area contributed by atoms with Gasteiger partial charge in [0.15, 0.2) is 0 Å². The maximum atomic E-state index is 12.0. The van der Waals surface area contributed by atoms with Crippen LogP contribution in [0.5, 0.6) is 0 Å². The lowest BCUT2D eigenvalue weighted by molar-refractivity contribution is 0.585. The number of benzene rings is 2. The van der Waals surface area contributed by atoms with E-state index in [0.29, 0.717) is 17.0 Å². The van der Waals surface area contributed by atoms with E-state index in [1.54, 1.807) is 25.1 Å². The van der Waals surface area contributed by atoms with E-state index in [0.717, 1.165) is 5.39 Å². The number of halogens is 1. The molecule has 90 valence electrons. The van der Waals surface area contributed by atoms with Crippen LogP contribution >= 0.6 is 11.6 Å². The number of rotatable bonds is 3. The van der Waals surface area contributed by atoms with E-state index >= 15 is 0 Å². The summed E-state index contributed by atoms with van der Waals surface area (Å²) in [5.41, 5.74) is 0. The fourth-order valence-corrected chi connectivity index (χ4v) is 3.21. The van der Waals surface area contributed by atoms with E-state index in [9.17, 15) is 8.42 Å². The second-order valence-electron chi connectivity index (χ2n) is 3.59. The SMILES string of the molecule is CCNS(=O)(=O)c1ccc(Cl)c2ccccc12. The Kier molecular flexibility index (Phi) is 3.38. The van der Waals surface area contributed by atoms with Crippen molar-refractivity contribution in [3.05, 3.63) is 41.4 Å². The first-order chi connectivity index (χ1) is 8.06. The molecule has 0 fully saturated rings. The van der Waals surface area contributed by atoms with Crippen molar-refractivity contribution in [1.82, 2.24) is 4.72 Å². The lowest BCUT2D eigenvalue weighted by atomic mass is 10.1. The van der Waals surface area contributed by atoms with Crippen molar-refractivity contribution in [2.75, 3.05) is 6.54 Å². The topological polar surface area (TPSA) is 46.2 Å². The molecule has 0 aliphatic rings. The molecule has 0 saturated carbocycles. The first-order valence-electron chi connectivity index (χ1n) is 5.23. The van der Waals surface area contributed by atoms with E-state index in [1.165, 1.54) is 6.07 Å². The molecule has 2 aromatic rings. The summed E-state index contributed by atoms with van der Waals surface area (Å²) in [6.07, 6.45) is 0. The van der Waals surface area contributed by atoms with Gasteiger partial charge in [-0.15, -0.1) is 0 Å². The molecule has 0 heterocycles. The van der Waals surface area contributed by atoms with Crippen LogP contribution in [-0.2, 0) is 10.0 Å². The summed E-state index contributed by atoms with van der Waals surface area (Å²) < 4.78 is 26.5. The van der Waals surface area contributed by atoms with Crippen molar-refractivity contribution < 1.29 is 8.42 Å². The molecule has 0 atom stereocenters. The molecule has 2 aromatic carbocycles. The molecule has 1 N–H and O–H groups in total. The van der Waals surface area contributed by atoms with Crippen LogP contribution in [0.1, 0.15) is 6.92 Å². The average molecular weight is 270 g/mol. The highest BCUT2D eigenvalue weighted by Gasteiger charge is 2.16. The predicted molar refractivity (Wildman–Crippen MR) is 69.8 cm³/mol. The summed E-state index contributed by atoms with van der Waals surface area (Å²) in [5.74, 6) is 0. The van der Waals surface area contributed by atoms with Gasteiger partial charge in [-0.3, -0.25) is 0 Å². The second kappa shape index (κ2) is 4.64. The van der Waals surface area contributed by atoms with Gasteiger partial charge in [-0.05, 0) is 12.1 Å². The van der Waals surface area contributed by atoms with E-state index in [2.05, 4.69) is 4.72 Å². The monoisotopic (exact) mass is 269 g/mol. The largest absolute Gasteiger partial charge is 0.241 e. The van der Waals surface area contributed by atoms with Gasteiger partial charge in [-0.25, -0.2) is 13.1 Å². The smallest absolute Gasteiger partial charge is 0.211 e. The average Bonchev–Trinajstić information content (AvgIpc) is 2.29. The van der Waals surface area contributed by atoms with Crippen molar-refractivity contribution in [2.45, 2.75) is 11.8 Å². The van der Waals surface area contributed by atoms with Crippen molar-refractivity contribution in [3.63, 3.8) is 0 Å². The summed E-state index contributed by atoms with van der Waals surface area (Å²) in [7, 11) is -3.46. The third-order valence-corrected chi connectivity index (χ3v) is 4.39. The zero-order valence-electron chi connectivity index (χ0n) is 9.27. The zero-order chi connectivity index (χ0) is 12.5. The lowest BCUT2D eigenvalue weighted by Crippen LogP contribution is -2.23. The minimum absolute atomic E-state index is 0.263. The van der Waals surface area contributed by atoms with Gasteiger partial charge < -0.3 is 0 Å². The first kappa shape index (κ1) is 12.4. The maximum absolute atomic E-state index is 12.0. The Hall–Kier alpha value is -1.10. The molecule has 0 aliphatic carbocycles. The molecule has 0 saturated heterocycles. The Morgan fingerprint density at radius 2 is 1.76 bits per heavy atom. The van der Waals surface area contributed by atoms with Gasteiger partial charge in [0.1, 0.15) is 0 Å². The molecule has 17 heavy (non-hydrogen) atoms. The molecular weight excluding hydrogens is 258 g/mol. The summed E-state index contributed by atoms with van der Waals surface area (Å²) in [6, 6.07) is 10.3. The third-order valence-electron chi connectivity index (χ3n) is 2.45. The molecule has 0 amide bonds. The normalized spacial score (nSPS) is 11.9. The fraction of sp³-hybridized carbons (Fsp3) is 0.167. The van der Waals surface area contributed by atoms with E-state index in [-0.39, 0.29) is 4.90 Å². The highest BCUT2D eigenvalue weighted by molar-refractivity contribution is 7.89. The number of nitrogens with one attached hydrogen (secondary N) is 1. The number of hydrogen-bond acceptors (Lipinski definition) is 2. The van der Waals surface area contributed by atoms with Gasteiger partial charge in [0, 0.05) is 22.3 Å². The number of fused-ring (bicyclic) bond motifs is 1. The Morgan fingerprint density at radius 3 is 2.41 bits per heavy atom. The minimum atomic E-state index is -3.46.